The van der Waals surface area contributed by atoms with E-state index in [-0.39, 0.29) is 0 Å². The van der Waals surface area contributed by atoms with E-state index in [0.717, 1.165) is 34.3 Å². The van der Waals surface area contributed by atoms with E-state index in [1.807, 2.05) is 36.4 Å². The molecule has 3 aromatic heterocycles. The van der Waals surface area contributed by atoms with Crippen molar-refractivity contribution in [2.45, 2.75) is 19.3 Å². The lowest BCUT2D eigenvalue weighted by atomic mass is 9.93. The lowest BCUT2D eigenvalue weighted by Crippen LogP contribution is -2.09. The average Bonchev–Trinajstić information content (AvgIpc) is 3.63. The zero-order valence-electron chi connectivity index (χ0n) is 24.8. The van der Waals surface area contributed by atoms with E-state index < -0.39 is 0 Å². The summed E-state index contributed by atoms with van der Waals surface area (Å²) in [4.78, 5) is 15.4. The molecule has 9 rings (SSSR count). The van der Waals surface area contributed by atoms with Crippen molar-refractivity contribution in [3.63, 3.8) is 0 Å². The molecule has 0 aliphatic heterocycles. The lowest BCUT2D eigenvalue weighted by Gasteiger charge is -2.19. The van der Waals surface area contributed by atoms with Crippen LogP contribution in [-0.2, 0) is 0 Å². The minimum Gasteiger partial charge on any atom is -0.311 e. The topological polar surface area (TPSA) is 48.5 Å². The van der Waals surface area contributed by atoms with Crippen LogP contribution >= 0.6 is 0 Å². The van der Waals surface area contributed by atoms with Gasteiger partial charge in [-0.2, -0.15) is 9.97 Å². The SMILES string of the molecule is CC1CC=Cc2c1n(-c1ccccc1)c1c2ccc2c3ccccc3n(-c3nc(-c4ccccc4)nc(-c4ccccc4)n3)c21. The molecule has 5 nitrogen and oxygen atoms in total. The molecule has 0 amide bonds. The number of para-hydroxylation sites is 2. The van der Waals surface area contributed by atoms with Crippen LogP contribution in [0.3, 0.4) is 0 Å². The summed E-state index contributed by atoms with van der Waals surface area (Å²) in [6.45, 7) is 2.33. The van der Waals surface area contributed by atoms with E-state index in [1.54, 1.807) is 0 Å². The van der Waals surface area contributed by atoms with Crippen molar-refractivity contribution < 1.29 is 0 Å². The van der Waals surface area contributed by atoms with Gasteiger partial charge in [-0.3, -0.25) is 4.57 Å². The summed E-state index contributed by atoms with van der Waals surface area (Å²) >= 11 is 0. The lowest BCUT2D eigenvalue weighted by molar-refractivity contribution is 0.723. The van der Waals surface area contributed by atoms with Gasteiger partial charge in [-0.15, -0.1) is 0 Å². The minimum absolute atomic E-state index is 0.372. The van der Waals surface area contributed by atoms with Crippen LogP contribution in [0.25, 0.3) is 73.2 Å². The van der Waals surface area contributed by atoms with Gasteiger partial charge >= 0.3 is 0 Å². The largest absolute Gasteiger partial charge is 0.311 e. The van der Waals surface area contributed by atoms with Crippen LogP contribution in [0.15, 0.2) is 133 Å². The maximum atomic E-state index is 5.20. The smallest absolute Gasteiger partial charge is 0.238 e. The fourth-order valence-electron chi connectivity index (χ4n) is 6.98. The van der Waals surface area contributed by atoms with Crippen molar-refractivity contribution in [2.24, 2.45) is 0 Å². The molecule has 0 bridgehead atoms. The fraction of sp³-hybridized carbons (Fsp3) is 0.0750. The molecule has 0 saturated heterocycles. The second-order valence-corrected chi connectivity index (χ2v) is 11.7. The van der Waals surface area contributed by atoms with Crippen molar-refractivity contribution in [1.29, 1.82) is 0 Å². The highest BCUT2D eigenvalue weighted by molar-refractivity contribution is 6.19. The molecule has 0 spiro atoms. The molecular weight excluding hydrogens is 550 g/mol. The second-order valence-electron chi connectivity index (χ2n) is 11.7. The second kappa shape index (κ2) is 10.1. The summed E-state index contributed by atoms with van der Waals surface area (Å²) in [5.41, 5.74) is 9.01. The van der Waals surface area contributed by atoms with E-state index in [9.17, 15) is 0 Å². The molecule has 1 atom stereocenters. The Morgan fingerprint density at radius 2 is 1.13 bits per heavy atom. The van der Waals surface area contributed by atoms with Crippen molar-refractivity contribution in [1.82, 2.24) is 24.1 Å². The molecule has 0 N–H and O–H groups in total. The fourth-order valence-corrected chi connectivity index (χ4v) is 6.98. The normalized spacial score (nSPS) is 14.4. The van der Waals surface area contributed by atoms with Gasteiger partial charge in [0, 0.05) is 50.1 Å². The molecule has 1 aliphatic carbocycles. The maximum absolute atomic E-state index is 5.20. The first-order valence-electron chi connectivity index (χ1n) is 15.5. The summed E-state index contributed by atoms with van der Waals surface area (Å²) in [5, 5.41) is 3.57. The monoisotopic (exact) mass is 579 g/mol. The van der Waals surface area contributed by atoms with E-state index in [1.165, 1.54) is 32.9 Å². The number of hydrogen-bond donors (Lipinski definition) is 0. The molecule has 5 heteroatoms. The third-order valence-corrected chi connectivity index (χ3v) is 8.98. The van der Waals surface area contributed by atoms with Gasteiger partial charge in [0.1, 0.15) is 0 Å². The van der Waals surface area contributed by atoms with Gasteiger partial charge in [-0.25, -0.2) is 4.98 Å². The van der Waals surface area contributed by atoms with Gasteiger partial charge in [0.25, 0.3) is 0 Å². The summed E-state index contributed by atoms with van der Waals surface area (Å²) in [7, 11) is 0. The van der Waals surface area contributed by atoms with E-state index >= 15 is 0 Å². The van der Waals surface area contributed by atoms with Gasteiger partial charge in [-0.1, -0.05) is 128 Å². The van der Waals surface area contributed by atoms with Crippen molar-refractivity contribution in [2.75, 3.05) is 0 Å². The molecule has 3 heterocycles. The van der Waals surface area contributed by atoms with Crippen LogP contribution in [0.4, 0.5) is 0 Å². The Morgan fingerprint density at radius 1 is 0.556 bits per heavy atom. The van der Waals surface area contributed by atoms with Crippen LogP contribution < -0.4 is 0 Å². The summed E-state index contributed by atoms with van der Waals surface area (Å²) in [6.07, 6.45) is 5.63. The number of rotatable bonds is 4. The average molecular weight is 580 g/mol. The molecule has 45 heavy (non-hydrogen) atoms. The van der Waals surface area contributed by atoms with E-state index in [4.69, 9.17) is 15.0 Å². The highest BCUT2D eigenvalue weighted by Crippen LogP contribution is 2.44. The van der Waals surface area contributed by atoms with E-state index in [0.29, 0.717) is 23.5 Å². The van der Waals surface area contributed by atoms with E-state index in [2.05, 4.69) is 119 Å². The Morgan fingerprint density at radius 3 is 1.82 bits per heavy atom. The van der Waals surface area contributed by atoms with Gasteiger partial charge in [0.05, 0.1) is 16.6 Å². The Kier molecular flexibility index (Phi) is 5.78. The first-order chi connectivity index (χ1) is 22.3. The minimum atomic E-state index is 0.372. The molecule has 5 aromatic carbocycles. The Bertz CT molecular complexity index is 2340. The zero-order valence-corrected chi connectivity index (χ0v) is 24.8. The molecular formula is C40H29N5. The number of benzene rings is 5. The van der Waals surface area contributed by atoms with Crippen LogP contribution in [0.1, 0.15) is 30.5 Å². The highest BCUT2D eigenvalue weighted by atomic mass is 15.2. The van der Waals surface area contributed by atoms with Crippen LogP contribution in [0.2, 0.25) is 0 Å². The van der Waals surface area contributed by atoms with Gasteiger partial charge < -0.3 is 4.57 Å². The Balaban J connectivity index is 1.47. The summed E-state index contributed by atoms with van der Waals surface area (Å²) in [6, 6.07) is 44.3. The number of fused-ring (bicyclic) bond motifs is 7. The third-order valence-electron chi connectivity index (χ3n) is 8.98. The first-order valence-corrected chi connectivity index (χ1v) is 15.5. The first kappa shape index (κ1) is 25.7. The van der Waals surface area contributed by atoms with Crippen molar-refractivity contribution >= 4 is 38.8 Å². The Hall–Kier alpha value is -5.81. The molecule has 0 fully saturated rings. The van der Waals surface area contributed by atoms with Crippen LogP contribution in [-0.4, -0.2) is 24.1 Å². The molecule has 0 saturated carbocycles. The zero-order chi connectivity index (χ0) is 29.9. The summed E-state index contributed by atoms with van der Waals surface area (Å²) in [5.74, 6) is 2.26. The molecule has 1 aliphatic rings. The standard InChI is InChI=1S/C40H29N5/c1-26-14-13-22-31-33-25-24-32-30-21-11-12-23-34(30)45(37(32)36(33)44(35(26)31)29-19-9-4-10-20-29)40-42-38(27-15-5-2-6-16-27)41-39(43-40)28-17-7-3-8-18-28/h2-13,15-26H,14H2,1H3. The third kappa shape index (κ3) is 3.97. The number of allylic oxidation sites excluding steroid dienone is 1. The molecule has 214 valence electrons. The predicted octanol–water partition coefficient (Wildman–Crippen LogP) is 9.77. The maximum Gasteiger partial charge on any atom is 0.238 e. The van der Waals surface area contributed by atoms with Crippen LogP contribution in [0.5, 0.6) is 0 Å². The van der Waals surface area contributed by atoms with Crippen molar-refractivity contribution in [3.8, 4) is 34.4 Å². The number of aromatic nitrogens is 5. The van der Waals surface area contributed by atoms with Crippen LogP contribution in [0, 0.1) is 0 Å². The predicted molar refractivity (Wildman–Crippen MR) is 184 cm³/mol. The molecule has 1 unspecified atom stereocenters. The highest BCUT2D eigenvalue weighted by Gasteiger charge is 2.27. The molecule has 8 aromatic rings. The number of hydrogen-bond acceptors (Lipinski definition) is 3. The summed E-state index contributed by atoms with van der Waals surface area (Å²) < 4.78 is 4.74. The van der Waals surface area contributed by atoms with Gasteiger partial charge in [0.2, 0.25) is 5.95 Å². The van der Waals surface area contributed by atoms with Gasteiger partial charge in [0.15, 0.2) is 11.6 Å². The molecule has 0 radical (unpaired) electrons. The Labute approximate surface area is 260 Å². The van der Waals surface area contributed by atoms with Gasteiger partial charge in [-0.05, 0) is 24.6 Å². The number of nitrogens with zero attached hydrogens (tertiary/aromatic N) is 5. The van der Waals surface area contributed by atoms with Crippen molar-refractivity contribution in [3.05, 3.63) is 145 Å². The quantitative estimate of drug-likeness (QED) is 0.209.